The Balaban J connectivity index is 2.13. The van der Waals surface area contributed by atoms with E-state index in [4.69, 9.17) is 0 Å². The van der Waals surface area contributed by atoms with Gasteiger partial charge in [0.2, 0.25) is 0 Å². The Bertz CT molecular complexity index is 552. The zero-order valence-corrected chi connectivity index (χ0v) is 13.3. The monoisotopic (exact) mass is 322 g/mol. The van der Waals surface area contributed by atoms with Crippen LogP contribution < -0.4 is 5.32 Å². The summed E-state index contributed by atoms with van der Waals surface area (Å²) in [5.74, 6) is 0. The Morgan fingerprint density at radius 3 is 2.63 bits per heavy atom. The predicted molar refractivity (Wildman–Crippen MR) is 81.2 cm³/mol. The fourth-order valence-electron chi connectivity index (χ4n) is 1.98. The first-order valence-corrected chi connectivity index (χ1v) is 7.04. The molecule has 0 amide bonds. The average molecular weight is 323 g/mol. The zero-order chi connectivity index (χ0) is 14.0. The van der Waals surface area contributed by atoms with Crippen molar-refractivity contribution in [1.29, 1.82) is 0 Å². The Morgan fingerprint density at radius 1 is 1.32 bits per heavy atom. The van der Waals surface area contributed by atoms with Crippen molar-refractivity contribution in [2.24, 2.45) is 7.05 Å². The van der Waals surface area contributed by atoms with Crippen LogP contribution >= 0.6 is 15.9 Å². The molecule has 0 atom stereocenters. The van der Waals surface area contributed by atoms with Gasteiger partial charge in [-0.15, -0.1) is 0 Å². The zero-order valence-electron chi connectivity index (χ0n) is 11.7. The summed E-state index contributed by atoms with van der Waals surface area (Å²) in [5.41, 5.74) is 3.41. The number of anilines is 1. The van der Waals surface area contributed by atoms with Crippen LogP contribution in [-0.4, -0.2) is 14.8 Å². The molecule has 0 aliphatic carbocycles. The van der Waals surface area contributed by atoms with Crippen LogP contribution in [0, 0.1) is 0 Å². The summed E-state index contributed by atoms with van der Waals surface area (Å²) >= 11 is 3.33. The molecule has 0 spiro atoms. The third-order valence-corrected chi connectivity index (χ3v) is 3.29. The summed E-state index contributed by atoms with van der Waals surface area (Å²) in [7, 11) is 1.96. The van der Waals surface area contributed by atoms with Gasteiger partial charge >= 0.3 is 0 Å². The second-order valence-corrected chi connectivity index (χ2v) is 6.46. The summed E-state index contributed by atoms with van der Waals surface area (Å²) in [5, 5.41) is 7.94. The minimum Gasteiger partial charge on any atom is -0.380 e. The third kappa shape index (κ3) is 3.56. The normalized spacial score (nSPS) is 11.6. The molecule has 2 aromatic heterocycles. The van der Waals surface area contributed by atoms with E-state index >= 15 is 0 Å². The largest absolute Gasteiger partial charge is 0.380 e. The van der Waals surface area contributed by atoms with Crippen LogP contribution in [0.15, 0.2) is 29.1 Å². The van der Waals surface area contributed by atoms with Crippen LogP contribution in [0.25, 0.3) is 0 Å². The van der Waals surface area contributed by atoms with E-state index in [-0.39, 0.29) is 5.41 Å². The maximum Gasteiger partial charge on any atom is 0.106 e. The van der Waals surface area contributed by atoms with Crippen molar-refractivity contribution in [3.05, 3.63) is 40.4 Å². The lowest BCUT2D eigenvalue weighted by Gasteiger charge is -2.17. The molecular formula is C14H19BrN4. The van der Waals surface area contributed by atoms with Crippen molar-refractivity contribution in [2.45, 2.75) is 32.7 Å². The van der Waals surface area contributed by atoms with Gasteiger partial charge in [0.05, 0.1) is 17.6 Å². The minimum atomic E-state index is 0.0518. The first-order valence-electron chi connectivity index (χ1n) is 6.24. The number of hydrogen-bond donors (Lipinski definition) is 1. The van der Waals surface area contributed by atoms with Gasteiger partial charge in [0.15, 0.2) is 0 Å². The second-order valence-electron chi connectivity index (χ2n) is 5.65. The van der Waals surface area contributed by atoms with E-state index in [1.807, 2.05) is 30.1 Å². The molecule has 2 rings (SSSR count). The Morgan fingerprint density at radius 2 is 2.05 bits per heavy atom. The van der Waals surface area contributed by atoms with Crippen LogP contribution in [0.3, 0.4) is 0 Å². The van der Waals surface area contributed by atoms with Crippen LogP contribution in [0.4, 0.5) is 5.69 Å². The molecule has 0 fully saturated rings. The predicted octanol–water partition coefficient (Wildman–Crippen LogP) is 3.49. The molecule has 0 unspecified atom stereocenters. The summed E-state index contributed by atoms with van der Waals surface area (Å²) in [6.07, 6.45) is 3.89. The molecule has 0 saturated heterocycles. The first-order chi connectivity index (χ1) is 8.86. The number of nitrogens with one attached hydrogen (secondary N) is 1. The third-order valence-electron chi connectivity index (χ3n) is 2.83. The molecule has 19 heavy (non-hydrogen) atoms. The van der Waals surface area contributed by atoms with Crippen molar-refractivity contribution >= 4 is 21.6 Å². The minimum absolute atomic E-state index is 0.0518. The molecule has 0 aliphatic rings. The molecule has 0 radical (unpaired) electrons. The molecule has 4 nitrogen and oxygen atoms in total. The number of aromatic nitrogens is 3. The SMILES string of the molecule is Cn1cc(CNc2ccc(Br)nc2)c(C(C)(C)C)n1. The van der Waals surface area contributed by atoms with Crippen LogP contribution in [-0.2, 0) is 19.0 Å². The number of rotatable bonds is 3. The highest BCUT2D eigenvalue weighted by Crippen LogP contribution is 2.24. The van der Waals surface area contributed by atoms with Crippen molar-refractivity contribution in [3.8, 4) is 0 Å². The molecule has 2 heterocycles. The molecule has 102 valence electrons. The van der Waals surface area contributed by atoms with Gasteiger partial charge in [0.1, 0.15) is 4.60 Å². The van der Waals surface area contributed by atoms with Gasteiger partial charge in [-0.05, 0) is 28.1 Å². The highest BCUT2D eigenvalue weighted by atomic mass is 79.9. The summed E-state index contributed by atoms with van der Waals surface area (Å²) < 4.78 is 2.71. The maximum absolute atomic E-state index is 4.56. The summed E-state index contributed by atoms with van der Waals surface area (Å²) in [6.45, 7) is 7.30. The number of pyridine rings is 1. The van der Waals surface area contributed by atoms with E-state index in [9.17, 15) is 0 Å². The van der Waals surface area contributed by atoms with Gasteiger partial charge in [0, 0.05) is 30.8 Å². The van der Waals surface area contributed by atoms with E-state index in [0.29, 0.717) is 0 Å². The van der Waals surface area contributed by atoms with Gasteiger partial charge in [-0.1, -0.05) is 20.8 Å². The standard InChI is InChI=1S/C14H19BrN4/c1-14(2,3)13-10(9-19(4)18-13)7-16-11-5-6-12(15)17-8-11/h5-6,8-9,16H,7H2,1-4H3. The van der Waals surface area contributed by atoms with Gasteiger partial charge < -0.3 is 5.32 Å². The van der Waals surface area contributed by atoms with Crippen molar-refractivity contribution in [3.63, 3.8) is 0 Å². The van der Waals surface area contributed by atoms with E-state index < -0.39 is 0 Å². The Kier molecular flexibility index (Phi) is 3.94. The molecule has 1 N–H and O–H groups in total. The van der Waals surface area contributed by atoms with Crippen LogP contribution in [0.5, 0.6) is 0 Å². The Hall–Kier alpha value is -1.36. The quantitative estimate of drug-likeness (QED) is 0.879. The van der Waals surface area contributed by atoms with E-state index in [1.165, 1.54) is 5.56 Å². The highest BCUT2D eigenvalue weighted by Gasteiger charge is 2.21. The number of nitrogens with zero attached hydrogens (tertiary/aromatic N) is 3. The topological polar surface area (TPSA) is 42.7 Å². The molecule has 0 saturated carbocycles. The highest BCUT2D eigenvalue weighted by molar-refractivity contribution is 9.10. The van der Waals surface area contributed by atoms with E-state index in [0.717, 1.165) is 22.5 Å². The number of halogens is 1. The molecular weight excluding hydrogens is 304 g/mol. The lowest BCUT2D eigenvalue weighted by molar-refractivity contribution is 0.549. The van der Waals surface area contributed by atoms with Crippen LogP contribution in [0.1, 0.15) is 32.0 Å². The lowest BCUT2D eigenvalue weighted by Crippen LogP contribution is -2.16. The van der Waals surface area contributed by atoms with E-state index in [2.05, 4.69) is 58.3 Å². The summed E-state index contributed by atoms with van der Waals surface area (Å²) in [4.78, 5) is 4.20. The van der Waals surface area contributed by atoms with Gasteiger partial charge in [-0.25, -0.2) is 4.98 Å². The number of hydrogen-bond acceptors (Lipinski definition) is 3. The van der Waals surface area contributed by atoms with Gasteiger partial charge in [-0.3, -0.25) is 4.68 Å². The van der Waals surface area contributed by atoms with Gasteiger partial charge in [-0.2, -0.15) is 5.10 Å². The van der Waals surface area contributed by atoms with Crippen LogP contribution in [0.2, 0.25) is 0 Å². The molecule has 0 bridgehead atoms. The maximum atomic E-state index is 4.56. The molecule has 0 aromatic carbocycles. The fourth-order valence-corrected chi connectivity index (χ4v) is 2.21. The summed E-state index contributed by atoms with van der Waals surface area (Å²) in [6, 6.07) is 3.93. The lowest BCUT2D eigenvalue weighted by atomic mass is 9.89. The molecule has 5 heteroatoms. The van der Waals surface area contributed by atoms with Crippen molar-refractivity contribution in [2.75, 3.05) is 5.32 Å². The van der Waals surface area contributed by atoms with E-state index in [1.54, 1.807) is 0 Å². The second kappa shape index (κ2) is 5.33. The average Bonchev–Trinajstić information content (AvgIpc) is 2.70. The number of aryl methyl sites for hydroxylation is 1. The van der Waals surface area contributed by atoms with Gasteiger partial charge in [0.25, 0.3) is 0 Å². The van der Waals surface area contributed by atoms with Crippen molar-refractivity contribution < 1.29 is 0 Å². The van der Waals surface area contributed by atoms with Crippen molar-refractivity contribution in [1.82, 2.24) is 14.8 Å². The molecule has 0 aliphatic heterocycles. The molecule has 2 aromatic rings. The fraction of sp³-hybridized carbons (Fsp3) is 0.429. The first kappa shape index (κ1) is 14.1. The smallest absolute Gasteiger partial charge is 0.106 e. The Labute approximate surface area is 122 Å².